The Hall–Kier alpha value is -1.57. The van der Waals surface area contributed by atoms with Gasteiger partial charge in [0.2, 0.25) is 5.91 Å². The fraction of sp³-hybridized carbons (Fsp3) is 0.308. The number of hydrogen-bond acceptors (Lipinski definition) is 1. The molecule has 0 saturated heterocycles. The van der Waals surface area contributed by atoms with Gasteiger partial charge in [0.25, 0.3) is 0 Å². The zero-order chi connectivity index (χ0) is 11.1. The first kappa shape index (κ1) is 11.5. The summed E-state index contributed by atoms with van der Waals surface area (Å²) in [7, 11) is 0. The lowest BCUT2D eigenvalue weighted by molar-refractivity contribution is -0.128. The fourth-order valence-corrected chi connectivity index (χ4v) is 1.34. The zero-order valence-electron chi connectivity index (χ0n) is 9.31. The molecule has 0 aliphatic heterocycles. The first-order valence-electron chi connectivity index (χ1n) is 5.14. The van der Waals surface area contributed by atoms with Gasteiger partial charge in [-0.25, -0.2) is 0 Å². The van der Waals surface area contributed by atoms with Gasteiger partial charge in [0.05, 0.1) is 0 Å². The van der Waals surface area contributed by atoms with Crippen molar-refractivity contribution in [3.63, 3.8) is 0 Å². The standard InChI is InChI=1S/C13H17NO/c1-3-4-10-14(12(2)15)11-13-8-6-5-7-9-13/h3-9H,10-11H2,1-2H3. The number of carbonyl (C=O) groups excluding carboxylic acids is 1. The number of allylic oxidation sites excluding steroid dienone is 1. The summed E-state index contributed by atoms with van der Waals surface area (Å²) in [5, 5.41) is 0. The molecule has 0 saturated carbocycles. The SMILES string of the molecule is CC=CCN(Cc1ccccc1)C(C)=O. The Balaban J connectivity index is 2.63. The van der Waals surface area contributed by atoms with Gasteiger partial charge in [0, 0.05) is 20.0 Å². The van der Waals surface area contributed by atoms with Crippen molar-refractivity contribution in [2.24, 2.45) is 0 Å². The molecule has 80 valence electrons. The maximum absolute atomic E-state index is 11.3. The van der Waals surface area contributed by atoms with Gasteiger partial charge in [0.15, 0.2) is 0 Å². The molecule has 0 spiro atoms. The van der Waals surface area contributed by atoms with E-state index in [0.717, 1.165) is 5.56 Å². The van der Waals surface area contributed by atoms with E-state index < -0.39 is 0 Å². The van der Waals surface area contributed by atoms with E-state index in [0.29, 0.717) is 13.1 Å². The molecule has 0 aliphatic carbocycles. The second kappa shape index (κ2) is 6.02. The molecule has 0 N–H and O–H groups in total. The molecule has 1 amide bonds. The number of benzene rings is 1. The third kappa shape index (κ3) is 3.98. The van der Waals surface area contributed by atoms with E-state index in [9.17, 15) is 4.79 Å². The minimum Gasteiger partial charge on any atom is -0.335 e. The molecular weight excluding hydrogens is 186 g/mol. The van der Waals surface area contributed by atoms with Gasteiger partial charge in [-0.05, 0) is 12.5 Å². The maximum atomic E-state index is 11.3. The van der Waals surface area contributed by atoms with Crippen molar-refractivity contribution in [1.82, 2.24) is 4.90 Å². The lowest BCUT2D eigenvalue weighted by Gasteiger charge is -2.19. The molecule has 15 heavy (non-hydrogen) atoms. The van der Waals surface area contributed by atoms with Crippen LogP contribution in [0.3, 0.4) is 0 Å². The Labute approximate surface area is 91.2 Å². The second-order valence-electron chi connectivity index (χ2n) is 3.45. The lowest BCUT2D eigenvalue weighted by atomic mass is 10.2. The highest BCUT2D eigenvalue weighted by Gasteiger charge is 2.06. The van der Waals surface area contributed by atoms with E-state index in [2.05, 4.69) is 0 Å². The van der Waals surface area contributed by atoms with Crippen LogP contribution in [0, 0.1) is 0 Å². The van der Waals surface area contributed by atoms with Crippen LogP contribution < -0.4 is 0 Å². The molecule has 0 bridgehead atoms. The minimum absolute atomic E-state index is 0.108. The summed E-state index contributed by atoms with van der Waals surface area (Å²) in [6, 6.07) is 10.0. The molecule has 0 fully saturated rings. The molecule has 0 unspecified atom stereocenters. The average Bonchev–Trinajstić information content (AvgIpc) is 2.25. The monoisotopic (exact) mass is 203 g/mol. The molecular formula is C13H17NO. The third-order valence-corrected chi connectivity index (χ3v) is 2.22. The van der Waals surface area contributed by atoms with Crippen molar-refractivity contribution in [1.29, 1.82) is 0 Å². The predicted molar refractivity (Wildman–Crippen MR) is 62.3 cm³/mol. The van der Waals surface area contributed by atoms with Crippen LogP contribution in [0.15, 0.2) is 42.5 Å². The quantitative estimate of drug-likeness (QED) is 0.689. The smallest absolute Gasteiger partial charge is 0.220 e. The van der Waals surface area contributed by atoms with Crippen LogP contribution in [0.25, 0.3) is 0 Å². The van der Waals surface area contributed by atoms with Crippen molar-refractivity contribution < 1.29 is 4.79 Å². The Bertz CT molecular complexity index is 330. The van der Waals surface area contributed by atoms with E-state index in [1.165, 1.54) is 0 Å². The van der Waals surface area contributed by atoms with Gasteiger partial charge in [-0.15, -0.1) is 0 Å². The van der Waals surface area contributed by atoms with Crippen LogP contribution >= 0.6 is 0 Å². The third-order valence-electron chi connectivity index (χ3n) is 2.22. The van der Waals surface area contributed by atoms with E-state index in [4.69, 9.17) is 0 Å². The van der Waals surface area contributed by atoms with Crippen molar-refractivity contribution in [3.05, 3.63) is 48.0 Å². The van der Waals surface area contributed by atoms with Crippen molar-refractivity contribution in [3.8, 4) is 0 Å². The highest BCUT2D eigenvalue weighted by Crippen LogP contribution is 2.04. The largest absolute Gasteiger partial charge is 0.335 e. The van der Waals surface area contributed by atoms with E-state index in [1.807, 2.05) is 54.3 Å². The Kier molecular flexibility index (Phi) is 4.61. The molecule has 0 aliphatic rings. The summed E-state index contributed by atoms with van der Waals surface area (Å²) < 4.78 is 0. The van der Waals surface area contributed by atoms with Crippen LogP contribution in [0.2, 0.25) is 0 Å². The molecule has 2 heteroatoms. The van der Waals surface area contributed by atoms with Gasteiger partial charge in [-0.3, -0.25) is 4.79 Å². The first-order chi connectivity index (χ1) is 7.24. The van der Waals surface area contributed by atoms with E-state index in [-0.39, 0.29) is 5.91 Å². The van der Waals surface area contributed by atoms with Crippen LogP contribution in [0.1, 0.15) is 19.4 Å². The Morgan fingerprint density at radius 2 is 2.00 bits per heavy atom. The summed E-state index contributed by atoms with van der Waals surface area (Å²) in [5.41, 5.74) is 1.16. The van der Waals surface area contributed by atoms with Crippen LogP contribution in [0.5, 0.6) is 0 Å². The summed E-state index contributed by atoms with van der Waals surface area (Å²) in [5.74, 6) is 0.108. The van der Waals surface area contributed by atoms with Crippen molar-refractivity contribution in [2.45, 2.75) is 20.4 Å². The predicted octanol–water partition coefficient (Wildman–Crippen LogP) is 2.61. The summed E-state index contributed by atoms with van der Waals surface area (Å²) in [6.07, 6.45) is 3.95. The summed E-state index contributed by atoms with van der Waals surface area (Å²) >= 11 is 0. The number of nitrogens with zero attached hydrogens (tertiary/aromatic N) is 1. The number of carbonyl (C=O) groups is 1. The first-order valence-corrected chi connectivity index (χ1v) is 5.14. The summed E-state index contributed by atoms with van der Waals surface area (Å²) in [4.78, 5) is 13.2. The van der Waals surface area contributed by atoms with E-state index >= 15 is 0 Å². The van der Waals surface area contributed by atoms with Crippen molar-refractivity contribution >= 4 is 5.91 Å². The van der Waals surface area contributed by atoms with Gasteiger partial charge >= 0.3 is 0 Å². The van der Waals surface area contributed by atoms with Gasteiger partial charge in [-0.1, -0.05) is 42.5 Å². The summed E-state index contributed by atoms with van der Waals surface area (Å²) in [6.45, 7) is 4.93. The zero-order valence-corrected chi connectivity index (χ0v) is 9.31. The second-order valence-corrected chi connectivity index (χ2v) is 3.45. The highest BCUT2D eigenvalue weighted by molar-refractivity contribution is 5.73. The van der Waals surface area contributed by atoms with E-state index in [1.54, 1.807) is 6.92 Å². The van der Waals surface area contributed by atoms with Crippen LogP contribution in [0.4, 0.5) is 0 Å². The Morgan fingerprint density at radius 3 is 2.53 bits per heavy atom. The topological polar surface area (TPSA) is 20.3 Å². The molecule has 0 atom stereocenters. The molecule has 2 nitrogen and oxygen atoms in total. The van der Waals surface area contributed by atoms with Gasteiger partial charge in [0.1, 0.15) is 0 Å². The van der Waals surface area contributed by atoms with Crippen LogP contribution in [-0.2, 0) is 11.3 Å². The fourth-order valence-electron chi connectivity index (χ4n) is 1.34. The molecule has 1 rings (SSSR count). The highest BCUT2D eigenvalue weighted by atomic mass is 16.2. The molecule has 0 heterocycles. The molecule has 0 radical (unpaired) electrons. The van der Waals surface area contributed by atoms with Gasteiger partial charge in [-0.2, -0.15) is 0 Å². The number of hydrogen-bond donors (Lipinski definition) is 0. The molecule has 0 aromatic heterocycles. The number of amides is 1. The average molecular weight is 203 g/mol. The van der Waals surface area contributed by atoms with Crippen molar-refractivity contribution in [2.75, 3.05) is 6.54 Å². The van der Waals surface area contributed by atoms with Crippen LogP contribution in [-0.4, -0.2) is 17.4 Å². The molecule has 1 aromatic rings. The molecule has 1 aromatic carbocycles. The van der Waals surface area contributed by atoms with Gasteiger partial charge < -0.3 is 4.90 Å². The lowest BCUT2D eigenvalue weighted by Crippen LogP contribution is -2.28. The normalized spacial score (nSPS) is 10.5. The minimum atomic E-state index is 0.108. The maximum Gasteiger partial charge on any atom is 0.220 e. The number of rotatable bonds is 4. The Morgan fingerprint density at radius 1 is 1.33 bits per heavy atom.